The summed E-state index contributed by atoms with van der Waals surface area (Å²) in [6, 6.07) is 15.5. The summed E-state index contributed by atoms with van der Waals surface area (Å²) < 4.78 is 1.65. The Bertz CT molecular complexity index is 1090. The number of fused-ring (bicyclic) bond motifs is 1. The third kappa shape index (κ3) is 4.43. The number of benzene rings is 2. The van der Waals surface area contributed by atoms with Gasteiger partial charge in [0.25, 0.3) is 5.56 Å². The van der Waals surface area contributed by atoms with Gasteiger partial charge in [0.15, 0.2) is 5.16 Å². The minimum absolute atomic E-state index is 0.0990. The molecule has 3 aromatic rings. The predicted octanol–water partition coefficient (Wildman–Crippen LogP) is 4.44. The first-order valence-corrected chi connectivity index (χ1v) is 11.7. The third-order valence-corrected chi connectivity index (χ3v) is 6.47. The Morgan fingerprint density at radius 2 is 1.80 bits per heavy atom. The van der Waals surface area contributed by atoms with Crippen LogP contribution in [-0.2, 0) is 11.2 Å². The summed E-state index contributed by atoms with van der Waals surface area (Å²) in [5.74, 6) is 0.403. The Morgan fingerprint density at radius 3 is 2.53 bits per heavy atom. The van der Waals surface area contributed by atoms with Gasteiger partial charge in [-0.15, -0.1) is 0 Å². The number of unbranched alkanes of at least 4 members (excludes halogenated alkanes) is 1. The standard InChI is InChI=1S/C24H27N3O2S/c1-2-3-8-18-11-13-19(14-12-18)27-23(29)20-9-4-5-10-21(20)25-24(27)30-17-22(28)26-15-6-7-16-26/h4-5,9-14H,2-3,6-8,15-17H2,1H3. The molecular weight excluding hydrogens is 394 g/mol. The molecule has 2 aromatic carbocycles. The second kappa shape index (κ2) is 9.47. The molecule has 1 saturated heterocycles. The molecule has 1 amide bonds. The monoisotopic (exact) mass is 421 g/mol. The molecule has 1 aliphatic heterocycles. The summed E-state index contributed by atoms with van der Waals surface area (Å²) in [5.41, 5.74) is 2.61. The van der Waals surface area contributed by atoms with Crippen molar-refractivity contribution in [2.24, 2.45) is 0 Å². The van der Waals surface area contributed by atoms with Gasteiger partial charge in [-0.1, -0.05) is 49.4 Å². The van der Waals surface area contributed by atoms with Crippen molar-refractivity contribution in [3.05, 3.63) is 64.4 Å². The number of carbonyl (C=O) groups excluding carboxylic acids is 1. The number of aryl methyl sites for hydroxylation is 1. The highest BCUT2D eigenvalue weighted by Gasteiger charge is 2.20. The zero-order valence-corrected chi connectivity index (χ0v) is 18.2. The minimum atomic E-state index is -0.0990. The summed E-state index contributed by atoms with van der Waals surface area (Å²) in [6.45, 7) is 3.84. The van der Waals surface area contributed by atoms with E-state index in [-0.39, 0.29) is 11.5 Å². The SMILES string of the molecule is CCCCc1ccc(-n2c(SCC(=O)N3CCCC3)nc3ccccc3c2=O)cc1. The van der Waals surface area contributed by atoms with Gasteiger partial charge in [0, 0.05) is 13.1 Å². The molecule has 0 radical (unpaired) electrons. The van der Waals surface area contributed by atoms with Gasteiger partial charge in [0.2, 0.25) is 5.91 Å². The normalized spacial score (nSPS) is 13.8. The average molecular weight is 422 g/mol. The Hall–Kier alpha value is -2.60. The molecule has 6 heteroatoms. The third-order valence-electron chi connectivity index (χ3n) is 5.54. The van der Waals surface area contributed by atoms with E-state index < -0.39 is 0 Å². The molecule has 4 rings (SSSR count). The lowest BCUT2D eigenvalue weighted by Crippen LogP contribution is -2.29. The maximum atomic E-state index is 13.3. The van der Waals surface area contributed by atoms with Crippen molar-refractivity contribution in [3.8, 4) is 5.69 Å². The first kappa shape index (κ1) is 20.7. The molecule has 30 heavy (non-hydrogen) atoms. The lowest BCUT2D eigenvalue weighted by atomic mass is 10.1. The van der Waals surface area contributed by atoms with E-state index >= 15 is 0 Å². The molecule has 156 valence electrons. The molecule has 0 aliphatic carbocycles. The van der Waals surface area contributed by atoms with Crippen molar-refractivity contribution >= 4 is 28.6 Å². The first-order valence-electron chi connectivity index (χ1n) is 10.7. The summed E-state index contributed by atoms with van der Waals surface area (Å²) in [6.07, 6.45) is 5.48. The van der Waals surface area contributed by atoms with Crippen LogP contribution in [0.4, 0.5) is 0 Å². The lowest BCUT2D eigenvalue weighted by Gasteiger charge is -2.16. The van der Waals surface area contributed by atoms with Crippen LogP contribution < -0.4 is 5.56 Å². The predicted molar refractivity (Wildman–Crippen MR) is 122 cm³/mol. The highest BCUT2D eigenvalue weighted by Crippen LogP contribution is 2.23. The van der Waals surface area contributed by atoms with E-state index in [0.29, 0.717) is 21.8 Å². The van der Waals surface area contributed by atoms with E-state index in [4.69, 9.17) is 4.98 Å². The Kier molecular flexibility index (Phi) is 6.53. The number of rotatable bonds is 7. The van der Waals surface area contributed by atoms with Crippen LogP contribution in [0.1, 0.15) is 38.2 Å². The van der Waals surface area contributed by atoms with E-state index in [0.717, 1.165) is 50.9 Å². The summed E-state index contributed by atoms with van der Waals surface area (Å²) in [4.78, 5) is 32.5. The van der Waals surface area contributed by atoms with Crippen LogP contribution in [0, 0.1) is 0 Å². The number of hydrogen-bond acceptors (Lipinski definition) is 4. The van der Waals surface area contributed by atoms with Crippen molar-refractivity contribution in [2.45, 2.75) is 44.2 Å². The molecule has 1 fully saturated rings. The fourth-order valence-corrected chi connectivity index (χ4v) is 4.73. The van der Waals surface area contributed by atoms with Gasteiger partial charge < -0.3 is 4.90 Å². The number of thioether (sulfide) groups is 1. The van der Waals surface area contributed by atoms with Crippen molar-refractivity contribution in [1.82, 2.24) is 14.5 Å². The second-order valence-electron chi connectivity index (χ2n) is 7.70. The number of likely N-dealkylation sites (tertiary alicyclic amines) is 1. The van der Waals surface area contributed by atoms with E-state index in [2.05, 4.69) is 19.1 Å². The smallest absolute Gasteiger partial charge is 0.266 e. The van der Waals surface area contributed by atoms with Crippen LogP contribution >= 0.6 is 11.8 Å². The maximum absolute atomic E-state index is 13.3. The maximum Gasteiger partial charge on any atom is 0.266 e. The lowest BCUT2D eigenvalue weighted by molar-refractivity contribution is -0.127. The molecule has 0 spiro atoms. The van der Waals surface area contributed by atoms with E-state index in [9.17, 15) is 9.59 Å². The van der Waals surface area contributed by atoms with Gasteiger partial charge in [-0.05, 0) is 55.5 Å². The van der Waals surface area contributed by atoms with Gasteiger partial charge in [0.05, 0.1) is 22.3 Å². The first-order chi connectivity index (χ1) is 14.7. The fraction of sp³-hybridized carbons (Fsp3) is 0.375. The topological polar surface area (TPSA) is 55.2 Å². The van der Waals surface area contributed by atoms with Crippen LogP contribution in [0.2, 0.25) is 0 Å². The molecule has 2 heterocycles. The summed E-state index contributed by atoms with van der Waals surface area (Å²) in [5, 5.41) is 1.15. The average Bonchev–Trinajstić information content (AvgIpc) is 3.32. The van der Waals surface area contributed by atoms with Crippen LogP contribution in [0.3, 0.4) is 0 Å². The van der Waals surface area contributed by atoms with E-state index in [1.165, 1.54) is 17.3 Å². The molecular formula is C24H27N3O2S. The van der Waals surface area contributed by atoms with Gasteiger partial charge >= 0.3 is 0 Å². The molecule has 1 aromatic heterocycles. The van der Waals surface area contributed by atoms with Crippen molar-refractivity contribution in [1.29, 1.82) is 0 Å². The number of para-hydroxylation sites is 1. The van der Waals surface area contributed by atoms with Gasteiger partial charge in [-0.25, -0.2) is 4.98 Å². The summed E-state index contributed by atoms with van der Waals surface area (Å²) in [7, 11) is 0. The van der Waals surface area contributed by atoms with Gasteiger partial charge in [0.1, 0.15) is 0 Å². The summed E-state index contributed by atoms with van der Waals surface area (Å²) >= 11 is 1.34. The van der Waals surface area contributed by atoms with Crippen LogP contribution in [0.5, 0.6) is 0 Å². The molecule has 0 atom stereocenters. The Labute approximate surface area is 181 Å². The molecule has 0 unspecified atom stereocenters. The molecule has 0 bridgehead atoms. The Morgan fingerprint density at radius 1 is 1.07 bits per heavy atom. The fourth-order valence-electron chi connectivity index (χ4n) is 3.81. The highest BCUT2D eigenvalue weighted by molar-refractivity contribution is 7.99. The molecule has 1 aliphatic rings. The van der Waals surface area contributed by atoms with Gasteiger partial charge in [-0.3, -0.25) is 14.2 Å². The zero-order chi connectivity index (χ0) is 20.9. The van der Waals surface area contributed by atoms with Crippen molar-refractivity contribution in [2.75, 3.05) is 18.8 Å². The largest absolute Gasteiger partial charge is 0.342 e. The number of hydrogen-bond donors (Lipinski definition) is 0. The van der Waals surface area contributed by atoms with Crippen LogP contribution in [0.25, 0.3) is 16.6 Å². The zero-order valence-electron chi connectivity index (χ0n) is 17.3. The van der Waals surface area contributed by atoms with Crippen LogP contribution in [0.15, 0.2) is 58.5 Å². The number of aromatic nitrogens is 2. The highest BCUT2D eigenvalue weighted by atomic mass is 32.2. The molecule has 0 saturated carbocycles. The second-order valence-corrected chi connectivity index (χ2v) is 8.64. The van der Waals surface area contributed by atoms with E-state index in [1.807, 2.05) is 35.2 Å². The van der Waals surface area contributed by atoms with Gasteiger partial charge in [-0.2, -0.15) is 0 Å². The van der Waals surface area contributed by atoms with Crippen molar-refractivity contribution in [3.63, 3.8) is 0 Å². The van der Waals surface area contributed by atoms with Crippen LogP contribution in [-0.4, -0.2) is 39.2 Å². The minimum Gasteiger partial charge on any atom is -0.342 e. The number of amides is 1. The van der Waals surface area contributed by atoms with E-state index in [1.54, 1.807) is 10.6 Å². The number of carbonyl (C=O) groups is 1. The molecule has 5 nitrogen and oxygen atoms in total. The number of nitrogens with zero attached hydrogens (tertiary/aromatic N) is 3. The van der Waals surface area contributed by atoms with Crippen molar-refractivity contribution < 1.29 is 4.79 Å². The molecule has 0 N–H and O–H groups in total. The quantitative estimate of drug-likeness (QED) is 0.418. The Balaban J connectivity index is 1.69.